The summed E-state index contributed by atoms with van der Waals surface area (Å²) < 4.78 is 1.90. The van der Waals surface area contributed by atoms with Gasteiger partial charge in [-0.25, -0.2) is 4.79 Å². The molecule has 0 radical (unpaired) electrons. The number of carbonyl (C=O) groups is 1. The Bertz CT molecular complexity index is 719. The first-order valence-corrected chi connectivity index (χ1v) is 9.03. The summed E-state index contributed by atoms with van der Waals surface area (Å²) in [5, 5.41) is 14.4. The van der Waals surface area contributed by atoms with Gasteiger partial charge in [0, 0.05) is 18.3 Å². The van der Waals surface area contributed by atoms with E-state index >= 15 is 0 Å². The summed E-state index contributed by atoms with van der Waals surface area (Å²) in [6, 6.07) is 5.36. The number of amides is 2. The van der Waals surface area contributed by atoms with Crippen LogP contribution in [0.25, 0.3) is 5.65 Å². The van der Waals surface area contributed by atoms with Crippen LogP contribution in [0, 0.1) is 0 Å². The number of fused-ring (bicyclic) bond motifs is 1. The second-order valence-electron chi connectivity index (χ2n) is 7.22. The van der Waals surface area contributed by atoms with Crippen LogP contribution in [0.5, 0.6) is 0 Å². The Morgan fingerprint density at radius 3 is 2.76 bits per heavy atom. The lowest BCUT2D eigenvalue weighted by Gasteiger charge is -2.43. The van der Waals surface area contributed by atoms with Gasteiger partial charge < -0.3 is 15.5 Å². The smallest absolute Gasteiger partial charge is 0.315 e. The van der Waals surface area contributed by atoms with Crippen molar-refractivity contribution in [3.63, 3.8) is 0 Å². The molecular formula is C18H28N6O. The molecule has 1 aliphatic carbocycles. The van der Waals surface area contributed by atoms with Crippen molar-refractivity contribution in [3.8, 4) is 0 Å². The Kier molecular flexibility index (Phi) is 5.22. The van der Waals surface area contributed by atoms with Crippen LogP contribution in [0.15, 0.2) is 24.4 Å². The molecule has 25 heavy (non-hydrogen) atoms. The van der Waals surface area contributed by atoms with Gasteiger partial charge in [-0.15, -0.1) is 10.2 Å². The van der Waals surface area contributed by atoms with Crippen molar-refractivity contribution >= 4 is 11.7 Å². The molecule has 2 amide bonds. The molecule has 1 aliphatic rings. The van der Waals surface area contributed by atoms with E-state index in [4.69, 9.17) is 0 Å². The second-order valence-corrected chi connectivity index (χ2v) is 7.22. The highest BCUT2D eigenvalue weighted by atomic mass is 16.2. The molecule has 7 heteroatoms. The Hall–Kier alpha value is -2.15. The molecule has 2 aromatic heterocycles. The van der Waals surface area contributed by atoms with Crippen LogP contribution in [0.4, 0.5) is 4.79 Å². The van der Waals surface area contributed by atoms with E-state index in [1.54, 1.807) is 0 Å². The Labute approximate surface area is 148 Å². The molecular weight excluding hydrogens is 316 g/mol. The first-order valence-electron chi connectivity index (χ1n) is 9.03. The van der Waals surface area contributed by atoms with E-state index < -0.39 is 0 Å². The molecule has 1 saturated carbocycles. The molecule has 7 nitrogen and oxygen atoms in total. The van der Waals surface area contributed by atoms with Crippen LogP contribution in [-0.4, -0.2) is 51.7 Å². The predicted molar refractivity (Wildman–Crippen MR) is 97.4 cm³/mol. The third-order valence-corrected chi connectivity index (χ3v) is 5.39. The molecule has 0 unspecified atom stereocenters. The maximum Gasteiger partial charge on any atom is 0.315 e. The number of hydrogen-bond donors (Lipinski definition) is 2. The maximum atomic E-state index is 12.4. The van der Waals surface area contributed by atoms with E-state index in [2.05, 4.69) is 39.8 Å². The van der Waals surface area contributed by atoms with Gasteiger partial charge in [-0.3, -0.25) is 4.40 Å². The van der Waals surface area contributed by atoms with Gasteiger partial charge in [-0.2, -0.15) is 0 Å². The first kappa shape index (κ1) is 17.7. The second kappa shape index (κ2) is 7.39. The van der Waals surface area contributed by atoms with Crippen molar-refractivity contribution in [1.29, 1.82) is 0 Å². The number of pyridine rings is 1. The van der Waals surface area contributed by atoms with Crippen LogP contribution in [-0.2, 0) is 0 Å². The molecule has 2 aromatic rings. The van der Waals surface area contributed by atoms with Crippen molar-refractivity contribution in [2.45, 2.75) is 50.6 Å². The third kappa shape index (κ3) is 3.76. The van der Waals surface area contributed by atoms with E-state index in [9.17, 15) is 4.79 Å². The highest BCUT2D eigenvalue weighted by molar-refractivity contribution is 5.74. The van der Waals surface area contributed by atoms with Crippen molar-refractivity contribution in [1.82, 2.24) is 30.1 Å². The highest BCUT2D eigenvalue weighted by Crippen LogP contribution is 2.31. The largest absolute Gasteiger partial charge is 0.336 e. The molecule has 0 aliphatic heterocycles. The molecule has 0 bridgehead atoms. The Morgan fingerprint density at radius 2 is 2.04 bits per heavy atom. The molecule has 1 fully saturated rings. The van der Waals surface area contributed by atoms with Gasteiger partial charge in [0.2, 0.25) is 0 Å². The minimum atomic E-state index is -0.223. The minimum Gasteiger partial charge on any atom is -0.336 e. The van der Waals surface area contributed by atoms with Crippen LogP contribution in [0.1, 0.15) is 50.9 Å². The van der Waals surface area contributed by atoms with Crippen LogP contribution in [0.3, 0.4) is 0 Å². The van der Waals surface area contributed by atoms with Crippen LogP contribution in [0.2, 0.25) is 0 Å². The molecule has 2 heterocycles. The SMILES string of the molecule is C[C@H](NC(=O)NCC1(N(C)C)CCCCC1)c1nnc2ccccn12. The summed E-state index contributed by atoms with van der Waals surface area (Å²) in [5.74, 6) is 0.728. The molecule has 0 aromatic carbocycles. The third-order valence-electron chi connectivity index (χ3n) is 5.39. The Balaban J connectivity index is 1.60. The van der Waals surface area contributed by atoms with Crippen LogP contribution < -0.4 is 10.6 Å². The zero-order valence-corrected chi connectivity index (χ0v) is 15.3. The summed E-state index contributed by atoms with van der Waals surface area (Å²) in [7, 11) is 4.21. The number of nitrogens with zero attached hydrogens (tertiary/aromatic N) is 4. The number of urea groups is 1. The van der Waals surface area contributed by atoms with E-state index in [1.165, 1.54) is 19.3 Å². The fraction of sp³-hybridized carbons (Fsp3) is 0.611. The number of aromatic nitrogens is 3. The predicted octanol–water partition coefficient (Wildman–Crippen LogP) is 2.35. The van der Waals surface area contributed by atoms with E-state index in [-0.39, 0.29) is 17.6 Å². The van der Waals surface area contributed by atoms with Gasteiger partial charge in [0.25, 0.3) is 0 Å². The zero-order valence-electron chi connectivity index (χ0n) is 15.3. The lowest BCUT2D eigenvalue weighted by atomic mass is 9.80. The van der Waals surface area contributed by atoms with Crippen molar-refractivity contribution < 1.29 is 4.79 Å². The molecule has 3 rings (SSSR count). The first-order chi connectivity index (χ1) is 12.0. The zero-order chi connectivity index (χ0) is 17.9. The molecule has 2 N–H and O–H groups in total. The van der Waals surface area contributed by atoms with Gasteiger partial charge in [0.15, 0.2) is 11.5 Å². The molecule has 1 atom stereocenters. The summed E-state index contributed by atoms with van der Waals surface area (Å²) in [6.07, 6.45) is 7.91. The van der Waals surface area contributed by atoms with Crippen molar-refractivity contribution in [2.75, 3.05) is 20.6 Å². The number of likely N-dealkylation sites (N-methyl/N-ethyl adjacent to an activating group) is 1. The van der Waals surface area contributed by atoms with Crippen molar-refractivity contribution in [3.05, 3.63) is 30.2 Å². The number of nitrogens with one attached hydrogen (secondary N) is 2. The molecule has 0 saturated heterocycles. The lowest BCUT2D eigenvalue weighted by molar-refractivity contribution is 0.101. The monoisotopic (exact) mass is 344 g/mol. The summed E-state index contributed by atoms with van der Waals surface area (Å²) in [6.45, 7) is 2.59. The Morgan fingerprint density at radius 1 is 1.28 bits per heavy atom. The minimum absolute atomic E-state index is 0.0698. The quantitative estimate of drug-likeness (QED) is 0.873. The molecule has 136 valence electrons. The number of rotatable bonds is 5. The average Bonchev–Trinajstić information content (AvgIpc) is 3.05. The number of carbonyl (C=O) groups excluding carboxylic acids is 1. The van der Waals surface area contributed by atoms with E-state index in [1.807, 2.05) is 35.7 Å². The fourth-order valence-corrected chi connectivity index (χ4v) is 3.70. The number of hydrogen-bond acceptors (Lipinski definition) is 4. The van der Waals surface area contributed by atoms with Gasteiger partial charge >= 0.3 is 6.03 Å². The average molecular weight is 344 g/mol. The fourth-order valence-electron chi connectivity index (χ4n) is 3.70. The normalized spacial score (nSPS) is 18.2. The topological polar surface area (TPSA) is 74.6 Å². The van der Waals surface area contributed by atoms with Crippen molar-refractivity contribution in [2.24, 2.45) is 0 Å². The lowest BCUT2D eigenvalue weighted by Crippen LogP contribution is -2.55. The van der Waals surface area contributed by atoms with Gasteiger partial charge in [-0.05, 0) is 46.0 Å². The van der Waals surface area contributed by atoms with Crippen LogP contribution >= 0.6 is 0 Å². The molecule has 0 spiro atoms. The standard InChI is InChI=1S/C18H28N6O/c1-14(16-22-21-15-9-5-8-12-24(15)16)20-17(25)19-13-18(23(2)3)10-6-4-7-11-18/h5,8-9,12,14H,4,6-7,10-11,13H2,1-3H3,(H2,19,20,25)/t14-/m0/s1. The summed E-state index contributed by atoms with van der Waals surface area (Å²) in [4.78, 5) is 14.7. The summed E-state index contributed by atoms with van der Waals surface area (Å²) in [5.41, 5.74) is 0.848. The van der Waals surface area contributed by atoms with E-state index in [0.29, 0.717) is 6.54 Å². The maximum absolute atomic E-state index is 12.4. The van der Waals surface area contributed by atoms with E-state index in [0.717, 1.165) is 24.3 Å². The van der Waals surface area contributed by atoms with Gasteiger partial charge in [0.1, 0.15) is 0 Å². The summed E-state index contributed by atoms with van der Waals surface area (Å²) >= 11 is 0. The van der Waals surface area contributed by atoms with Gasteiger partial charge in [0.05, 0.1) is 6.04 Å². The van der Waals surface area contributed by atoms with Gasteiger partial charge in [-0.1, -0.05) is 25.3 Å². The highest BCUT2D eigenvalue weighted by Gasteiger charge is 2.34.